The third-order valence-electron chi connectivity index (χ3n) is 2.99. The standard InChI is InChI=1S/C15H14Cl2O2/c1-9-7-10(3-6-14(9)19-2)15(18)12-8-11(16)4-5-13(12)17/h3-8,15,18H,1-2H3. The van der Waals surface area contributed by atoms with Gasteiger partial charge in [-0.2, -0.15) is 0 Å². The van der Waals surface area contributed by atoms with Crippen molar-refractivity contribution in [2.75, 3.05) is 7.11 Å². The van der Waals surface area contributed by atoms with Crippen LogP contribution in [0.2, 0.25) is 10.0 Å². The second kappa shape index (κ2) is 5.83. The number of methoxy groups -OCH3 is 1. The molecule has 100 valence electrons. The molecule has 0 aliphatic heterocycles. The number of rotatable bonds is 3. The molecule has 2 aromatic rings. The summed E-state index contributed by atoms with van der Waals surface area (Å²) in [4.78, 5) is 0. The van der Waals surface area contributed by atoms with E-state index in [-0.39, 0.29) is 0 Å². The molecule has 2 aromatic carbocycles. The van der Waals surface area contributed by atoms with Crippen molar-refractivity contribution in [2.24, 2.45) is 0 Å². The van der Waals surface area contributed by atoms with Gasteiger partial charge in [-0.1, -0.05) is 29.3 Å². The van der Waals surface area contributed by atoms with Crippen LogP contribution in [0.1, 0.15) is 22.8 Å². The molecule has 0 amide bonds. The Morgan fingerprint density at radius 1 is 1.11 bits per heavy atom. The molecule has 0 radical (unpaired) electrons. The summed E-state index contributed by atoms with van der Waals surface area (Å²) in [5.41, 5.74) is 2.30. The summed E-state index contributed by atoms with van der Waals surface area (Å²) < 4.78 is 5.20. The van der Waals surface area contributed by atoms with Crippen LogP contribution in [0.5, 0.6) is 5.75 Å². The molecule has 0 spiro atoms. The Bertz CT molecular complexity index is 597. The van der Waals surface area contributed by atoms with Gasteiger partial charge in [-0.15, -0.1) is 0 Å². The second-order valence-electron chi connectivity index (χ2n) is 4.30. The molecule has 0 saturated heterocycles. The minimum atomic E-state index is -0.809. The summed E-state index contributed by atoms with van der Waals surface area (Å²) in [6.07, 6.45) is -0.809. The molecule has 0 heterocycles. The van der Waals surface area contributed by atoms with E-state index in [0.717, 1.165) is 16.9 Å². The van der Waals surface area contributed by atoms with Crippen LogP contribution in [0, 0.1) is 6.92 Å². The van der Waals surface area contributed by atoms with Crippen LogP contribution in [0.3, 0.4) is 0 Å². The van der Waals surface area contributed by atoms with Gasteiger partial charge in [0, 0.05) is 15.6 Å². The smallest absolute Gasteiger partial charge is 0.121 e. The lowest BCUT2D eigenvalue weighted by atomic mass is 9.99. The van der Waals surface area contributed by atoms with Crippen molar-refractivity contribution in [1.82, 2.24) is 0 Å². The lowest BCUT2D eigenvalue weighted by Crippen LogP contribution is -2.01. The van der Waals surface area contributed by atoms with Gasteiger partial charge in [0.1, 0.15) is 11.9 Å². The predicted octanol–water partition coefficient (Wildman–Crippen LogP) is 4.39. The van der Waals surface area contributed by atoms with E-state index in [0.29, 0.717) is 15.6 Å². The van der Waals surface area contributed by atoms with Gasteiger partial charge >= 0.3 is 0 Å². The van der Waals surface area contributed by atoms with Crippen molar-refractivity contribution in [1.29, 1.82) is 0 Å². The summed E-state index contributed by atoms with van der Waals surface area (Å²) in [7, 11) is 1.62. The van der Waals surface area contributed by atoms with E-state index in [1.54, 1.807) is 25.3 Å². The highest BCUT2D eigenvalue weighted by Gasteiger charge is 2.15. The molecule has 0 saturated carbocycles. The van der Waals surface area contributed by atoms with E-state index in [2.05, 4.69) is 0 Å². The molecule has 0 bridgehead atoms. The van der Waals surface area contributed by atoms with Gasteiger partial charge in [-0.25, -0.2) is 0 Å². The minimum absolute atomic E-state index is 0.491. The molecule has 1 unspecified atom stereocenters. The van der Waals surface area contributed by atoms with Gasteiger partial charge in [-0.3, -0.25) is 0 Å². The molecule has 2 rings (SSSR count). The van der Waals surface area contributed by atoms with E-state index in [9.17, 15) is 5.11 Å². The van der Waals surface area contributed by atoms with Crippen LogP contribution in [0.25, 0.3) is 0 Å². The Balaban J connectivity index is 2.41. The fourth-order valence-corrected chi connectivity index (χ4v) is 2.38. The van der Waals surface area contributed by atoms with Gasteiger partial charge in [-0.05, 0) is 48.4 Å². The number of aryl methyl sites for hydroxylation is 1. The summed E-state index contributed by atoms with van der Waals surface area (Å²) in [6.45, 7) is 1.93. The molecule has 1 atom stereocenters. The zero-order valence-corrected chi connectivity index (χ0v) is 12.2. The molecular weight excluding hydrogens is 283 g/mol. The van der Waals surface area contributed by atoms with Crippen molar-refractivity contribution in [2.45, 2.75) is 13.0 Å². The van der Waals surface area contributed by atoms with Gasteiger partial charge in [0.2, 0.25) is 0 Å². The molecule has 0 aliphatic rings. The Hall–Kier alpha value is -1.22. The van der Waals surface area contributed by atoms with Crippen LogP contribution in [-0.4, -0.2) is 12.2 Å². The number of ether oxygens (including phenoxy) is 1. The first-order valence-electron chi connectivity index (χ1n) is 5.80. The highest BCUT2D eigenvalue weighted by Crippen LogP contribution is 2.32. The van der Waals surface area contributed by atoms with Crippen LogP contribution in [0.15, 0.2) is 36.4 Å². The Kier molecular flexibility index (Phi) is 4.35. The maximum atomic E-state index is 10.4. The quantitative estimate of drug-likeness (QED) is 0.910. The normalized spacial score (nSPS) is 12.3. The molecule has 2 nitrogen and oxygen atoms in total. The Morgan fingerprint density at radius 2 is 1.84 bits per heavy atom. The fraction of sp³-hybridized carbons (Fsp3) is 0.200. The predicted molar refractivity (Wildman–Crippen MR) is 78.3 cm³/mol. The summed E-state index contributed by atoms with van der Waals surface area (Å²) in [6, 6.07) is 10.6. The Morgan fingerprint density at radius 3 is 2.47 bits per heavy atom. The topological polar surface area (TPSA) is 29.5 Å². The fourth-order valence-electron chi connectivity index (χ4n) is 1.98. The van der Waals surface area contributed by atoms with Crippen LogP contribution in [0.4, 0.5) is 0 Å². The molecule has 1 N–H and O–H groups in total. The van der Waals surface area contributed by atoms with Crippen molar-refractivity contribution in [3.63, 3.8) is 0 Å². The summed E-state index contributed by atoms with van der Waals surface area (Å²) in [5, 5.41) is 11.4. The maximum absolute atomic E-state index is 10.4. The zero-order valence-electron chi connectivity index (χ0n) is 10.7. The van der Waals surface area contributed by atoms with E-state index in [1.165, 1.54) is 0 Å². The van der Waals surface area contributed by atoms with Gasteiger partial charge in [0.25, 0.3) is 0 Å². The number of benzene rings is 2. The Labute approximate surface area is 122 Å². The molecule has 0 aliphatic carbocycles. The maximum Gasteiger partial charge on any atom is 0.121 e. The first-order valence-corrected chi connectivity index (χ1v) is 6.56. The third kappa shape index (κ3) is 3.03. The summed E-state index contributed by atoms with van der Waals surface area (Å²) in [5.74, 6) is 0.785. The monoisotopic (exact) mass is 296 g/mol. The van der Waals surface area contributed by atoms with Gasteiger partial charge < -0.3 is 9.84 Å². The van der Waals surface area contributed by atoms with E-state index < -0.39 is 6.10 Å². The first kappa shape index (κ1) is 14.2. The number of hydrogen-bond acceptors (Lipinski definition) is 2. The van der Waals surface area contributed by atoms with Crippen LogP contribution in [-0.2, 0) is 0 Å². The second-order valence-corrected chi connectivity index (χ2v) is 5.14. The third-order valence-corrected chi connectivity index (χ3v) is 3.57. The molecule has 19 heavy (non-hydrogen) atoms. The van der Waals surface area contributed by atoms with E-state index in [4.69, 9.17) is 27.9 Å². The van der Waals surface area contributed by atoms with Gasteiger partial charge in [0.05, 0.1) is 7.11 Å². The minimum Gasteiger partial charge on any atom is -0.496 e. The van der Waals surface area contributed by atoms with Crippen molar-refractivity contribution in [3.8, 4) is 5.75 Å². The number of halogens is 2. The van der Waals surface area contributed by atoms with Crippen molar-refractivity contribution in [3.05, 3.63) is 63.1 Å². The van der Waals surface area contributed by atoms with E-state index >= 15 is 0 Å². The highest BCUT2D eigenvalue weighted by molar-refractivity contribution is 6.33. The number of aliphatic hydroxyl groups is 1. The highest BCUT2D eigenvalue weighted by atomic mass is 35.5. The SMILES string of the molecule is COc1ccc(C(O)c2cc(Cl)ccc2Cl)cc1C. The van der Waals surface area contributed by atoms with Gasteiger partial charge in [0.15, 0.2) is 0 Å². The summed E-state index contributed by atoms with van der Waals surface area (Å²) >= 11 is 12.0. The molecular formula is C15H14Cl2O2. The largest absolute Gasteiger partial charge is 0.496 e. The van der Waals surface area contributed by atoms with Crippen molar-refractivity contribution >= 4 is 23.2 Å². The lowest BCUT2D eigenvalue weighted by Gasteiger charge is -2.15. The number of aliphatic hydroxyl groups excluding tert-OH is 1. The average molecular weight is 297 g/mol. The molecule has 0 fully saturated rings. The molecule has 4 heteroatoms. The lowest BCUT2D eigenvalue weighted by molar-refractivity contribution is 0.220. The zero-order chi connectivity index (χ0) is 14.0. The first-order chi connectivity index (χ1) is 9.02. The van der Waals surface area contributed by atoms with Crippen molar-refractivity contribution < 1.29 is 9.84 Å². The average Bonchev–Trinajstić information content (AvgIpc) is 2.40. The number of hydrogen-bond donors (Lipinski definition) is 1. The van der Waals surface area contributed by atoms with Crippen LogP contribution < -0.4 is 4.74 Å². The van der Waals surface area contributed by atoms with Crippen LogP contribution >= 0.6 is 23.2 Å². The molecule has 0 aromatic heterocycles. The van der Waals surface area contributed by atoms with E-state index in [1.807, 2.05) is 25.1 Å².